The number of alkyl halides is 3. The third kappa shape index (κ3) is 7.48. The minimum absolute atomic E-state index is 0.00295. The summed E-state index contributed by atoms with van der Waals surface area (Å²) >= 11 is 0. The van der Waals surface area contributed by atoms with Gasteiger partial charge in [-0.3, -0.25) is 14.5 Å². The Kier molecular flexibility index (Phi) is 8.74. The predicted molar refractivity (Wildman–Crippen MR) is 152 cm³/mol. The van der Waals surface area contributed by atoms with E-state index in [4.69, 9.17) is 4.74 Å². The fourth-order valence-electron chi connectivity index (χ4n) is 4.31. The first-order valence-electron chi connectivity index (χ1n) is 13.2. The summed E-state index contributed by atoms with van der Waals surface area (Å²) in [5.74, 6) is -1.47. The van der Waals surface area contributed by atoms with Gasteiger partial charge in [-0.25, -0.2) is 0 Å². The summed E-state index contributed by atoms with van der Waals surface area (Å²) in [5.41, 5.74) is -0.128. The maximum absolute atomic E-state index is 14.0. The van der Waals surface area contributed by atoms with Crippen LogP contribution in [-0.4, -0.2) is 49.8 Å². The van der Waals surface area contributed by atoms with Gasteiger partial charge in [0, 0.05) is 16.8 Å². The number of amides is 2. The fraction of sp³-hybridized carbons (Fsp3) is 0.300. The predicted octanol–water partition coefficient (Wildman–Crippen LogP) is 5.07. The molecule has 0 fully saturated rings. The lowest BCUT2D eigenvalue weighted by Crippen LogP contribution is -2.50. The van der Waals surface area contributed by atoms with Crippen molar-refractivity contribution in [2.45, 2.75) is 52.0 Å². The van der Waals surface area contributed by atoms with Crippen molar-refractivity contribution in [2.24, 2.45) is 0 Å². The van der Waals surface area contributed by atoms with Crippen molar-refractivity contribution in [2.75, 3.05) is 12.0 Å². The molecule has 0 saturated carbocycles. The zero-order valence-corrected chi connectivity index (χ0v) is 24.2. The Morgan fingerprint density at radius 3 is 2.37 bits per heavy atom. The number of carbonyl (C=O) groups excluding carboxylic acids is 2. The number of aromatic hydroxyl groups is 1. The molecule has 0 aliphatic heterocycles. The molecule has 13 heteroatoms. The first kappa shape index (κ1) is 31.0. The smallest absolute Gasteiger partial charge is 0.416 e. The number of hydrogen-bond acceptors (Lipinski definition) is 7. The summed E-state index contributed by atoms with van der Waals surface area (Å²) in [6, 6.07) is 13.9. The highest BCUT2D eigenvalue weighted by Gasteiger charge is 2.37. The van der Waals surface area contributed by atoms with E-state index in [1.165, 1.54) is 31.4 Å². The van der Waals surface area contributed by atoms with E-state index in [1.54, 1.807) is 32.9 Å². The number of nitrogens with zero attached hydrogens (tertiary/aromatic N) is 5. The average molecular weight is 597 g/mol. The van der Waals surface area contributed by atoms with Crippen LogP contribution in [0.4, 0.5) is 18.9 Å². The summed E-state index contributed by atoms with van der Waals surface area (Å²) in [5, 5.41) is 25.2. The number of hydrogen-bond donors (Lipinski definition) is 2. The standard InChI is InChI=1S/C30H31F3N6O4/c1-18-9-11-19(12-10-18)27-35-37-38(36-27)17-25(41)39(22-8-6-7-21(16-22)30(31,32)33)26(28(42)34-29(2,3)4)20-13-14-23(40)24(15-20)43-5/h6-16,26,40H,17H2,1-5H3,(H,34,42)/t26-/m0/s1. The average Bonchev–Trinajstić information content (AvgIpc) is 3.39. The third-order valence-corrected chi connectivity index (χ3v) is 6.28. The van der Waals surface area contributed by atoms with Crippen molar-refractivity contribution < 1.29 is 32.6 Å². The number of halogens is 3. The van der Waals surface area contributed by atoms with Crippen LogP contribution in [0, 0.1) is 6.92 Å². The van der Waals surface area contributed by atoms with Crippen LogP contribution in [0.5, 0.6) is 11.5 Å². The largest absolute Gasteiger partial charge is 0.504 e. The number of benzene rings is 3. The first-order valence-corrected chi connectivity index (χ1v) is 13.2. The summed E-state index contributed by atoms with van der Waals surface area (Å²) < 4.78 is 46.5. The van der Waals surface area contributed by atoms with E-state index >= 15 is 0 Å². The van der Waals surface area contributed by atoms with Gasteiger partial charge in [-0.05, 0) is 68.8 Å². The molecule has 0 aliphatic carbocycles. The van der Waals surface area contributed by atoms with E-state index in [2.05, 4.69) is 20.7 Å². The normalized spacial score (nSPS) is 12.5. The number of methoxy groups -OCH3 is 1. The molecule has 0 unspecified atom stereocenters. The number of phenols is 1. The second kappa shape index (κ2) is 12.1. The molecule has 10 nitrogen and oxygen atoms in total. The number of carbonyl (C=O) groups is 2. The van der Waals surface area contributed by atoms with Crippen molar-refractivity contribution in [3.8, 4) is 22.9 Å². The van der Waals surface area contributed by atoms with Crippen LogP contribution in [0.3, 0.4) is 0 Å². The molecule has 0 bridgehead atoms. The highest BCUT2D eigenvalue weighted by atomic mass is 19.4. The van der Waals surface area contributed by atoms with Crippen molar-refractivity contribution in [1.29, 1.82) is 0 Å². The molecular formula is C30H31F3N6O4. The molecule has 0 aliphatic rings. The summed E-state index contributed by atoms with van der Waals surface area (Å²) in [7, 11) is 1.31. The van der Waals surface area contributed by atoms with Gasteiger partial charge in [-0.15, -0.1) is 10.2 Å². The zero-order valence-electron chi connectivity index (χ0n) is 24.2. The van der Waals surface area contributed by atoms with Gasteiger partial charge < -0.3 is 15.2 Å². The number of ether oxygens (including phenoxy) is 1. The Labute approximate surface area is 246 Å². The molecule has 1 aromatic heterocycles. The highest BCUT2D eigenvalue weighted by molar-refractivity contribution is 6.01. The maximum atomic E-state index is 14.0. The molecule has 43 heavy (non-hydrogen) atoms. The number of tetrazole rings is 1. The highest BCUT2D eigenvalue weighted by Crippen LogP contribution is 2.37. The van der Waals surface area contributed by atoms with Crippen LogP contribution in [0.15, 0.2) is 66.7 Å². The van der Waals surface area contributed by atoms with E-state index in [0.29, 0.717) is 5.56 Å². The Morgan fingerprint density at radius 1 is 1.05 bits per heavy atom. The maximum Gasteiger partial charge on any atom is 0.416 e. The van der Waals surface area contributed by atoms with Gasteiger partial charge in [-0.1, -0.05) is 42.0 Å². The van der Waals surface area contributed by atoms with Crippen molar-refractivity contribution in [3.05, 3.63) is 83.4 Å². The van der Waals surface area contributed by atoms with Gasteiger partial charge in [0.25, 0.3) is 5.91 Å². The lowest BCUT2D eigenvalue weighted by molar-refractivity contribution is -0.137. The second-order valence-corrected chi connectivity index (χ2v) is 10.9. The van der Waals surface area contributed by atoms with E-state index in [1.807, 2.05) is 19.1 Å². The third-order valence-electron chi connectivity index (χ3n) is 6.28. The summed E-state index contributed by atoms with van der Waals surface area (Å²) in [6.07, 6.45) is -4.72. The molecular weight excluding hydrogens is 565 g/mol. The van der Waals surface area contributed by atoms with E-state index in [-0.39, 0.29) is 28.6 Å². The van der Waals surface area contributed by atoms with Crippen LogP contribution in [0.2, 0.25) is 0 Å². The van der Waals surface area contributed by atoms with Crippen molar-refractivity contribution in [1.82, 2.24) is 25.5 Å². The van der Waals surface area contributed by atoms with Gasteiger partial charge in [-0.2, -0.15) is 18.0 Å². The van der Waals surface area contributed by atoms with Crippen molar-refractivity contribution >= 4 is 17.5 Å². The number of rotatable bonds is 8. The fourth-order valence-corrected chi connectivity index (χ4v) is 4.31. The molecule has 0 saturated heterocycles. The van der Waals surface area contributed by atoms with Crippen LogP contribution in [0.25, 0.3) is 11.4 Å². The summed E-state index contributed by atoms with van der Waals surface area (Å²) in [6.45, 7) is 6.54. The molecule has 2 amide bonds. The SMILES string of the molecule is COc1cc([C@@H](C(=O)NC(C)(C)C)N(C(=O)Cn2nnc(-c3ccc(C)cc3)n2)c2cccc(C(F)(F)F)c2)ccc1O. The molecule has 226 valence electrons. The van der Waals surface area contributed by atoms with Gasteiger partial charge >= 0.3 is 6.18 Å². The Morgan fingerprint density at radius 2 is 1.74 bits per heavy atom. The Bertz CT molecular complexity index is 1610. The molecule has 1 atom stereocenters. The van der Waals surface area contributed by atoms with Crippen LogP contribution < -0.4 is 15.0 Å². The number of anilines is 1. The number of phenolic OH excluding ortho intramolecular Hbond substituents is 1. The molecule has 2 N–H and O–H groups in total. The van der Waals surface area contributed by atoms with Crippen LogP contribution in [0.1, 0.15) is 43.5 Å². The van der Waals surface area contributed by atoms with E-state index in [9.17, 15) is 27.9 Å². The van der Waals surface area contributed by atoms with Gasteiger partial charge in [0.2, 0.25) is 11.7 Å². The molecule has 1 heterocycles. The minimum atomic E-state index is -4.72. The lowest BCUT2D eigenvalue weighted by atomic mass is 9.99. The monoisotopic (exact) mass is 596 g/mol. The number of nitrogens with one attached hydrogen (secondary N) is 1. The van der Waals surface area contributed by atoms with E-state index < -0.39 is 41.7 Å². The topological polar surface area (TPSA) is 122 Å². The molecule has 0 radical (unpaired) electrons. The van der Waals surface area contributed by atoms with Crippen LogP contribution >= 0.6 is 0 Å². The van der Waals surface area contributed by atoms with Gasteiger partial charge in [0.1, 0.15) is 12.6 Å². The van der Waals surface area contributed by atoms with Gasteiger partial charge in [0.15, 0.2) is 11.5 Å². The first-order chi connectivity index (χ1) is 20.2. The quantitative estimate of drug-likeness (QED) is 0.291. The zero-order chi connectivity index (χ0) is 31.5. The Balaban J connectivity index is 1.84. The summed E-state index contributed by atoms with van der Waals surface area (Å²) in [4.78, 5) is 29.8. The lowest BCUT2D eigenvalue weighted by Gasteiger charge is -2.34. The number of aromatic nitrogens is 4. The van der Waals surface area contributed by atoms with Crippen LogP contribution in [-0.2, 0) is 22.3 Å². The molecule has 0 spiro atoms. The van der Waals surface area contributed by atoms with E-state index in [0.717, 1.165) is 33.5 Å². The minimum Gasteiger partial charge on any atom is -0.504 e. The molecule has 4 aromatic rings. The van der Waals surface area contributed by atoms with Crippen molar-refractivity contribution in [3.63, 3.8) is 0 Å². The number of aryl methyl sites for hydroxylation is 1. The molecule has 3 aromatic carbocycles. The molecule has 4 rings (SSSR count). The van der Waals surface area contributed by atoms with Gasteiger partial charge in [0.05, 0.1) is 12.7 Å². The Hall–Kier alpha value is -4.94. The second-order valence-electron chi connectivity index (χ2n) is 10.9.